The van der Waals surface area contributed by atoms with E-state index in [0.29, 0.717) is 28.2 Å². The van der Waals surface area contributed by atoms with Crippen molar-refractivity contribution in [3.05, 3.63) is 64.4 Å². The number of allylic oxidation sites excluding steroid dienone is 1. The molecule has 1 aliphatic carbocycles. The normalized spacial score (nSPS) is 15.3. The highest BCUT2D eigenvalue weighted by molar-refractivity contribution is 7.99. The fraction of sp³-hybridized carbons (Fsp3) is 0.379. The highest BCUT2D eigenvalue weighted by atomic mass is 32.2. The molecular weight excluding hydrogens is 531 g/mol. The summed E-state index contributed by atoms with van der Waals surface area (Å²) in [6.45, 7) is 13.6. The summed E-state index contributed by atoms with van der Waals surface area (Å²) in [6, 6.07) is 10.5. The number of benzene rings is 1. The third kappa shape index (κ3) is 5.95. The fourth-order valence-electron chi connectivity index (χ4n) is 4.72. The van der Waals surface area contributed by atoms with Gasteiger partial charge in [0.25, 0.3) is 0 Å². The summed E-state index contributed by atoms with van der Waals surface area (Å²) < 4.78 is 2.06. The molecule has 198 valence electrons. The number of fused-ring (bicyclic) bond motifs is 1. The SMILES string of the molecule is C=CCn1c(SCC(=O)Nc2nc(-c3ccc(C)cc3)cs2)nnc1-c1cc2c(s1)CCC(C(C)(C)C)C2. The van der Waals surface area contributed by atoms with Crippen LogP contribution in [0.5, 0.6) is 0 Å². The molecule has 6 nitrogen and oxygen atoms in total. The van der Waals surface area contributed by atoms with Crippen LogP contribution in [0, 0.1) is 18.3 Å². The molecule has 0 radical (unpaired) electrons. The first-order valence-electron chi connectivity index (χ1n) is 12.8. The predicted octanol–water partition coefficient (Wildman–Crippen LogP) is 7.51. The van der Waals surface area contributed by atoms with Crippen LogP contribution in [0.1, 0.15) is 43.2 Å². The van der Waals surface area contributed by atoms with Crippen LogP contribution >= 0.6 is 34.4 Å². The average Bonchev–Trinajstić information content (AvgIpc) is 3.61. The molecule has 1 unspecified atom stereocenters. The number of thioether (sulfide) groups is 1. The molecule has 5 rings (SSSR count). The van der Waals surface area contributed by atoms with Crippen LogP contribution in [-0.4, -0.2) is 31.4 Å². The Bertz CT molecular complexity index is 1440. The molecular formula is C29H33N5OS3. The molecule has 4 aromatic rings. The van der Waals surface area contributed by atoms with E-state index in [0.717, 1.165) is 34.8 Å². The first kappa shape index (κ1) is 26.8. The standard InChI is InChI=1S/C29H33N5OS3/c1-6-13-34-26(24-15-20-14-21(29(3,4)5)11-12-23(20)38-24)32-33-28(34)37-17-25(35)31-27-30-22(16-36-27)19-9-7-18(2)8-10-19/h6-10,15-16,21H,1,11-14,17H2,2-5H3,(H,30,31,35). The summed E-state index contributed by atoms with van der Waals surface area (Å²) in [5.41, 5.74) is 4.87. The van der Waals surface area contributed by atoms with Crippen molar-refractivity contribution in [2.75, 3.05) is 11.1 Å². The van der Waals surface area contributed by atoms with E-state index in [1.54, 1.807) is 0 Å². The van der Waals surface area contributed by atoms with Crippen molar-refractivity contribution in [1.29, 1.82) is 0 Å². The van der Waals surface area contributed by atoms with Crippen molar-refractivity contribution in [2.24, 2.45) is 11.3 Å². The smallest absolute Gasteiger partial charge is 0.236 e. The number of carbonyl (C=O) groups excluding carboxylic acids is 1. The molecule has 0 saturated heterocycles. The van der Waals surface area contributed by atoms with Gasteiger partial charge < -0.3 is 5.32 Å². The Labute approximate surface area is 236 Å². The molecule has 3 heterocycles. The van der Waals surface area contributed by atoms with Crippen LogP contribution < -0.4 is 5.32 Å². The molecule has 38 heavy (non-hydrogen) atoms. The fourth-order valence-corrected chi connectivity index (χ4v) is 7.40. The number of rotatable bonds is 8. The second-order valence-electron chi connectivity index (χ2n) is 10.8. The molecule has 1 N–H and O–H groups in total. The molecule has 1 atom stereocenters. The van der Waals surface area contributed by atoms with Gasteiger partial charge in [-0.2, -0.15) is 0 Å². The van der Waals surface area contributed by atoms with Gasteiger partial charge in [-0.05, 0) is 49.1 Å². The summed E-state index contributed by atoms with van der Waals surface area (Å²) in [4.78, 5) is 19.9. The van der Waals surface area contributed by atoms with Crippen LogP contribution in [0.25, 0.3) is 22.0 Å². The molecule has 1 aromatic carbocycles. The Balaban J connectivity index is 1.25. The van der Waals surface area contributed by atoms with Crippen LogP contribution in [-0.2, 0) is 24.2 Å². The molecule has 0 bridgehead atoms. The Morgan fingerprint density at radius 1 is 1.26 bits per heavy atom. The number of hydrogen-bond donors (Lipinski definition) is 1. The van der Waals surface area contributed by atoms with E-state index in [1.165, 1.54) is 45.5 Å². The van der Waals surface area contributed by atoms with E-state index in [1.807, 2.05) is 34.9 Å². The monoisotopic (exact) mass is 563 g/mol. The summed E-state index contributed by atoms with van der Waals surface area (Å²) in [5.74, 6) is 1.65. The first-order chi connectivity index (χ1) is 18.2. The number of aromatic nitrogens is 4. The van der Waals surface area contributed by atoms with Crippen LogP contribution in [0.15, 0.2) is 53.5 Å². The molecule has 9 heteroatoms. The van der Waals surface area contributed by atoms with Gasteiger partial charge in [-0.25, -0.2) is 4.98 Å². The summed E-state index contributed by atoms with van der Waals surface area (Å²) in [6.07, 6.45) is 5.33. The number of amides is 1. The zero-order chi connectivity index (χ0) is 26.9. The van der Waals surface area contributed by atoms with Crippen molar-refractivity contribution in [1.82, 2.24) is 19.7 Å². The molecule has 3 aromatic heterocycles. The second-order valence-corrected chi connectivity index (χ2v) is 13.7. The Hall–Kier alpha value is -2.75. The van der Waals surface area contributed by atoms with E-state index < -0.39 is 0 Å². The lowest BCUT2D eigenvalue weighted by atomic mass is 9.72. The van der Waals surface area contributed by atoms with E-state index in [9.17, 15) is 4.79 Å². The van der Waals surface area contributed by atoms with Gasteiger partial charge in [-0.15, -0.1) is 39.4 Å². The predicted molar refractivity (Wildman–Crippen MR) is 160 cm³/mol. The highest BCUT2D eigenvalue weighted by Crippen LogP contribution is 2.42. The zero-order valence-corrected chi connectivity index (χ0v) is 24.7. The lowest BCUT2D eigenvalue weighted by Gasteiger charge is -2.33. The van der Waals surface area contributed by atoms with Gasteiger partial charge in [-0.3, -0.25) is 9.36 Å². The Morgan fingerprint density at radius 3 is 2.79 bits per heavy atom. The van der Waals surface area contributed by atoms with Crippen molar-refractivity contribution < 1.29 is 4.79 Å². The number of aryl methyl sites for hydroxylation is 2. The van der Waals surface area contributed by atoms with Crippen molar-refractivity contribution in [2.45, 2.75) is 58.7 Å². The zero-order valence-electron chi connectivity index (χ0n) is 22.3. The van der Waals surface area contributed by atoms with Crippen LogP contribution in [0.4, 0.5) is 5.13 Å². The average molecular weight is 564 g/mol. The Morgan fingerprint density at radius 2 is 2.05 bits per heavy atom. The third-order valence-electron chi connectivity index (χ3n) is 6.99. The van der Waals surface area contributed by atoms with E-state index in [2.05, 4.69) is 77.5 Å². The van der Waals surface area contributed by atoms with Gasteiger partial charge in [-0.1, -0.05) is 68.4 Å². The molecule has 1 aliphatic rings. The molecule has 0 saturated carbocycles. The minimum absolute atomic E-state index is 0.116. The topological polar surface area (TPSA) is 72.7 Å². The summed E-state index contributed by atoms with van der Waals surface area (Å²) in [5, 5.41) is 15.2. The highest BCUT2D eigenvalue weighted by Gasteiger charge is 2.30. The van der Waals surface area contributed by atoms with Crippen LogP contribution in [0.2, 0.25) is 0 Å². The quantitative estimate of drug-likeness (QED) is 0.177. The number of thiophene rings is 1. The minimum Gasteiger partial charge on any atom is -0.301 e. The number of carbonyl (C=O) groups is 1. The van der Waals surface area contributed by atoms with Crippen molar-refractivity contribution >= 4 is 45.5 Å². The molecule has 0 fully saturated rings. The van der Waals surface area contributed by atoms with Gasteiger partial charge in [0.05, 0.1) is 16.3 Å². The largest absolute Gasteiger partial charge is 0.301 e. The number of anilines is 1. The van der Waals surface area contributed by atoms with Crippen LogP contribution in [0.3, 0.4) is 0 Å². The third-order valence-corrected chi connectivity index (χ3v) is 9.94. The maximum atomic E-state index is 12.7. The summed E-state index contributed by atoms with van der Waals surface area (Å²) in [7, 11) is 0. The summed E-state index contributed by atoms with van der Waals surface area (Å²) >= 11 is 4.64. The van der Waals surface area contributed by atoms with Gasteiger partial charge >= 0.3 is 0 Å². The van der Waals surface area contributed by atoms with Gasteiger partial charge in [0.15, 0.2) is 16.1 Å². The molecule has 0 aliphatic heterocycles. The lowest BCUT2D eigenvalue weighted by Crippen LogP contribution is -2.26. The first-order valence-corrected chi connectivity index (χ1v) is 15.5. The maximum Gasteiger partial charge on any atom is 0.236 e. The maximum absolute atomic E-state index is 12.7. The second kappa shape index (κ2) is 11.2. The van der Waals surface area contributed by atoms with E-state index in [-0.39, 0.29) is 11.7 Å². The lowest BCUT2D eigenvalue weighted by molar-refractivity contribution is -0.113. The number of nitrogens with zero attached hydrogens (tertiary/aromatic N) is 4. The van der Waals surface area contributed by atoms with Gasteiger partial charge in [0, 0.05) is 22.4 Å². The van der Waals surface area contributed by atoms with Crippen molar-refractivity contribution in [3.63, 3.8) is 0 Å². The number of thiazole rings is 1. The van der Waals surface area contributed by atoms with Gasteiger partial charge in [0.1, 0.15) is 0 Å². The number of nitrogens with one attached hydrogen (secondary N) is 1. The molecule has 0 spiro atoms. The minimum atomic E-state index is -0.116. The van der Waals surface area contributed by atoms with Crippen molar-refractivity contribution in [3.8, 4) is 22.0 Å². The number of hydrogen-bond acceptors (Lipinski definition) is 7. The Kier molecular flexibility index (Phi) is 7.88. The van der Waals surface area contributed by atoms with E-state index in [4.69, 9.17) is 0 Å². The van der Waals surface area contributed by atoms with Gasteiger partial charge in [0.2, 0.25) is 5.91 Å². The van der Waals surface area contributed by atoms with E-state index >= 15 is 0 Å². The molecule has 1 amide bonds.